The molecule has 0 radical (unpaired) electrons. The number of nitrogens with one attached hydrogen (secondary N) is 1. The van der Waals surface area contributed by atoms with E-state index in [2.05, 4.69) is 15.5 Å². The van der Waals surface area contributed by atoms with E-state index in [1.54, 1.807) is 6.08 Å². The number of carboxylic acids is 1. The molecule has 7 heteroatoms. The second-order valence-electron chi connectivity index (χ2n) is 3.80. The zero-order chi connectivity index (χ0) is 14.4. The minimum atomic E-state index is -0.983. The monoisotopic (exact) mass is 289 g/mol. The normalized spacial score (nSPS) is 10.6. The molecule has 2 N–H and O–H groups in total. The fourth-order valence-corrected chi connectivity index (χ4v) is 2.12. The van der Waals surface area contributed by atoms with Gasteiger partial charge in [-0.25, -0.2) is 0 Å². The van der Waals surface area contributed by atoms with Crippen LogP contribution in [0.3, 0.4) is 0 Å². The van der Waals surface area contributed by atoms with Gasteiger partial charge in [-0.1, -0.05) is 41.7 Å². The van der Waals surface area contributed by atoms with Gasteiger partial charge in [0.1, 0.15) is 5.01 Å². The number of nitrogens with zero attached hydrogens (tertiary/aromatic N) is 2. The molecule has 0 aliphatic carbocycles. The Bertz CT molecular complexity index is 637. The Labute approximate surface area is 118 Å². The molecule has 0 saturated carbocycles. The average Bonchev–Trinajstić information content (AvgIpc) is 2.84. The first-order chi connectivity index (χ1) is 9.63. The molecule has 0 spiro atoms. The summed E-state index contributed by atoms with van der Waals surface area (Å²) in [7, 11) is 0. The molecule has 20 heavy (non-hydrogen) atoms. The Kier molecular flexibility index (Phi) is 4.56. The van der Waals surface area contributed by atoms with E-state index in [9.17, 15) is 9.59 Å². The summed E-state index contributed by atoms with van der Waals surface area (Å²) in [4.78, 5) is 22.1. The number of amides is 1. The first kappa shape index (κ1) is 13.9. The fraction of sp³-hybridized carbons (Fsp3) is 0.0769. The molecule has 1 amide bonds. The molecule has 2 aromatic rings. The van der Waals surface area contributed by atoms with E-state index in [1.165, 1.54) is 6.08 Å². The summed E-state index contributed by atoms with van der Waals surface area (Å²) in [5.74, 6) is -1.32. The lowest BCUT2D eigenvalue weighted by Crippen LogP contribution is -2.07. The fourth-order valence-electron chi connectivity index (χ4n) is 1.39. The number of carbonyl (C=O) groups is 2. The van der Waals surface area contributed by atoms with Crippen LogP contribution in [-0.2, 0) is 16.0 Å². The minimum absolute atomic E-state index is 0.201. The highest BCUT2D eigenvalue weighted by atomic mass is 32.1. The third-order valence-electron chi connectivity index (χ3n) is 2.23. The lowest BCUT2D eigenvalue weighted by atomic mass is 10.2. The third-order valence-corrected chi connectivity index (χ3v) is 3.06. The molecule has 1 aromatic carbocycles. The molecule has 2 rings (SSSR count). The van der Waals surface area contributed by atoms with Crippen LogP contribution in [0, 0.1) is 0 Å². The number of aliphatic carboxylic acids is 1. The van der Waals surface area contributed by atoms with Gasteiger partial charge in [-0.3, -0.25) is 14.9 Å². The van der Waals surface area contributed by atoms with Crippen LogP contribution in [-0.4, -0.2) is 27.2 Å². The van der Waals surface area contributed by atoms with Crippen molar-refractivity contribution in [2.75, 3.05) is 5.32 Å². The van der Waals surface area contributed by atoms with Crippen molar-refractivity contribution in [3.05, 3.63) is 47.0 Å². The van der Waals surface area contributed by atoms with Crippen LogP contribution >= 0.6 is 11.3 Å². The molecule has 0 saturated heterocycles. The maximum atomic E-state index is 11.6. The van der Waals surface area contributed by atoms with Gasteiger partial charge in [0.2, 0.25) is 11.0 Å². The van der Waals surface area contributed by atoms with Gasteiger partial charge in [0.25, 0.3) is 0 Å². The van der Waals surface area contributed by atoms with Crippen molar-refractivity contribution in [1.82, 2.24) is 10.2 Å². The maximum Gasteiger partial charge on any atom is 0.310 e. The molecular weight excluding hydrogens is 278 g/mol. The largest absolute Gasteiger partial charge is 0.481 e. The summed E-state index contributed by atoms with van der Waals surface area (Å²) in [6.07, 6.45) is 2.86. The summed E-state index contributed by atoms with van der Waals surface area (Å²) in [6, 6.07) is 9.39. The predicted octanol–water partition coefficient (Wildman–Crippen LogP) is 1.82. The van der Waals surface area contributed by atoms with Gasteiger partial charge >= 0.3 is 5.97 Å². The van der Waals surface area contributed by atoms with Gasteiger partial charge in [-0.05, 0) is 11.6 Å². The molecule has 0 aliphatic heterocycles. The van der Waals surface area contributed by atoms with Crippen LogP contribution in [0.25, 0.3) is 6.08 Å². The second kappa shape index (κ2) is 6.58. The minimum Gasteiger partial charge on any atom is -0.481 e. The van der Waals surface area contributed by atoms with Gasteiger partial charge in [-0.15, -0.1) is 10.2 Å². The van der Waals surface area contributed by atoms with Crippen LogP contribution in [0.5, 0.6) is 0 Å². The van der Waals surface area contributed by atoms with Crippen LogP contribution in [0.1, 0.15) is 10.6 Å². The quantitative estimate of drug-likeness (QED) is 0.819. The van der Waals surface area contributed by atoms with Gasteiger partial charge in [0, 0.05) is 6.08 Å². The average molecular weight is 289 g/mol. The molecule has 6 nitrogen and oxygen atoms in total. The molecular formula is C13H11N3O3S. The Morgan fingerprint density at radius 1 is 1.25 bits per heavy atom. The van der Waals surface area contributed by atoms with E-state index in [4.69, 9.17) is 5.11 Å². The first-order valence-electron chi connectivity index (χ1n) is 5.72. The van der Waals surface area contributed by atoms with E-state index < -0.39 is 5.97 Å². The highest BCUT2D eigenvalue weighted by Gasteiger charge is 2.09. The van der Waals surface area contributed by atoms with Crippen LogP contribution in [0.2, 0.25) is 0 Å². The standard InChI is InChI=1S/C13H11N3O3S/c17-10(7-6-9-4-2-1-3-5-9)14-13-16-15-11(20-13)8-12(18)19/h1-7H,8H2,(H,18,19)(H,14,16,17)/b7-6+. The lowest BCUT2D eigenvalue weighted by molar-refractivity contribution is -0.136. The molecule has 0 unspecified atom stereocenters. The Balaban J connectivity index is 1.93. The van der Waals surface area contributed by atoms with E-state index in [-0.39, 0.29) is 17.5 Å². The van der Waals surface area contributed by atoms with Crippen LogP contribution in [0.15, 0.2) is 36.4 Å². The van der Waals surface area contributed by atoms with Crippen molar-refractivity contribution in [2.45, 2.75) is 6.42 Å². The summed E-state index contributed by atoms with van der Waals surface area (Å²) in [6.45, 7) is 0. The van der Waals surface area contributed by atoms with E-state index in [0.717, 1.165) is 16.9 Å². The van der Waals surface area contributed by atoms with E-state index in [0.29, 0.717) is 5.01 Å². The Morgan fingerprint density at radius 2 is 2.00 bits per heavy atom. The smallest absolute Gasteiger partial charge is 0.310 e. The summed E-state index contributed by atoms with van der Waals surface area (Å²) >= 11 is 1.04. The highest BCUT2D eigenvalue weighted by molar-refractivity contribution is 7.15. The van der Waals surface area contributed by atoms with Gasteiger partial charge in [0.05, 0.1) is 6.42 Å². The number of carboxylic acid groups (broad SMARTS) is 1. The first-order valence-corrected chi connectivity index (χ1v) is 6.53. The van der Waals surface area contributed by atoms with Crippen LogP contribution < -0.4 is 5.32 Å². The van der Waals surface area contributed by atoms with Crippen molar-refractivity contribution >= 4 is 34.4 Å². The van der Waals surface area contributed by atoms with Crippen LogP contribution in [0.4, 0.5) is 5.13 Å². The van der Waals surface area contributed by atoms with Crippen molar-refractivity contribution in [3.63, 3.8) is 0 Å². The second-order valence-corrected chi connectivity index (χ2v) is 4.87. The lowest BCUT2D eigenvalue weighted by Gasteiger charge is -1.94. The predicted molar refractivity (Wildman–Crippen MR) is 75.4 cm³/mol. The zero-order valence-corrected chi connectivity index (χ0v) is 11.1. The topological polar surface area (TPSA) is 92.2 Å². The Morgan fingerprint density at radius 3 is 2.70 bits per heavy atom. The maximum absolute atomic E-state index is 11.6. The number of hydrogen-bond donors (Lipinski definition) is 2. The number of benzene rings is 1. The SMILES string of the molecule is O=C(O)Cc1nnc(NC(=O)/C=C/c2ccccc2)s1. The van der Waals surface area contributed by atoms with Gasteiger partial charge < -0.3 is 5.11 Å². The molecule has 0 atom stereocenters. The van der Waals surface area contributed by atoms with Crippen molar-refractivity contribution in [1.29, 1.82) is 0 Å². The van der Waals surface area contributed by atoms with E-state index >= 15 is 0 Å². The summed E-state index contributed by atoms with van der Waals surface area (Å²) < 4.78 is 0. The zero-order valence-electron chi connectivity index (χ0n) is 10.3. The molecule has 1 aromatic heterocycles. The Hall–Kier alpha value is -2.54. The third kappa shape index (κ3) is 4.29. The van der Waals surface area contributed by atoms with Gasteiger partial charge in [-0.2, -0.15) is 0 Å². The number of carbonyl (C=O) groups excluding carboxylic acids is 1. The number of anilines is 1. The number of rotatable bonds is 5. The van der Waals surface area contributed by atoms with Crippen molar-refractivity contribution in [3.8, 4) is 0 Å². The summed E-state index contributed by atoms with van der Waals surface area (Å²) in [5.41, 5.74) is 0.909. The number of hydrogen-bond acceptors (Lipinski definition) is 5. The highest BCUT2D eigenvalue weighted by Crippen LogP contribution is 2.15. The molecule has 102 valence electrons. The molecule has 0 bridgehead atoms. The summed E-state index contributed by atoms with van der Waals surface area (Å²) in [5, 5.41) is 19.1. The van der Waals surface area contributed by atoms with Gasteiger partial charge in [0.15, 0.2) is 0 Å². The van der Waals surface area contributed by atoms with Crippen molar-refractivity contribution < 1.29 is 14.7 Å². The van der Waals surface area contributed by atoms with Crippen molar-refractivity contribution in [2.24, 2.45) is 0 Å². The molecule has 1 heterocycles. The molecule has 0 fully saturated rings. The molecule has 0 aliphatic rings. The number of aromatic nitrogens is 2. The van der Waals surface area contributed by atoms with E-state index in [1.807, 2.05) is 30.3 Å².